The smallest absolute Gasteiger partial charge is 0.423 e. The van der Waals surface area contributed by atoms with E-state index < -0.39 is 17.1 Å². The van der Waals surface area contributed by atoms with Crippen LogP contribution in [0.4, 0.5) is 0 Å². The summed E-state index contributed by atoms with van der Waals surface area (Å²) in [4.78, 5) is 3.66. The Morgan fingerprint density at radius 1 is 1.28 bits per heavy atom. The fourth-order valence-electron chi connectivity index (χ4n) is 1.65. The number of hydrogen-bond donors (Lipinski definition) is 2. The van der Waals surface area contributed by atoms with Crippen molar-refractivity contribution < 1.29 is 23.2 Å². The maximum atomic E-state index is 12.2. The molecule has 0 unspecified atom stereocenters. The van der Waals surface area contributed by atoms with Gasteiger partial charge in [0, 0.05) is 30.9 Å². The lowest BCUT2D eigenvalue weighted by atomic mass is 9.82. The minimum absolute atomic E-state index is 0.0457. The van der Waals surface area contributed by atoms with Crippen molar-refractivity contribution in [2.24, 2.45) is 0 Å². The molecule has 1 aromatic rings. The lowest BCUT2D eigenvalue weighted by molar-refractivity contribution is 0.0730. The quantitative estimate of drug-likeness (QED) is 0.605. The molecule has 0 bridgehead atoms. The number of sulfonamides is 1. The van der Waals surface area contributed by atoms with Crippen LogP contribution in [0.1, 0.15) is 0 Å². The normalized spacial score (nSPS) is 17.7. The Kier molecular flexibility index (Phi) is 3.98. The van der Waals surface area contributed by atoms with Gasteiger partial charge in [-0.25, -0.2) is 8.42 Å². The van der Waals surface area contributed by atoms with Crippen LogP contribution in [0.2, 0.25) is 0 Å². The lowest BCUT2D eigenvalue weighted by Gasteiger charge is -2.26. The molecule has 7 nitrogen and oxygen atoms in total. The Hall–Kier alpha value is -0.995. The first-order chi connectivity index (χ1) is 8.51. The van der Waals surface area contributed by atoms with Gasteiger partial charge in [-0.05, 0) is 6.07 Å². The topological polar surface area (TPSA) is 100.0 Å². The van der Waals surface area contributed by atoms with Gasteiger partial charge >= 0.3 is 7.12 Å². The van der Waals surface area contributed by atoms with Gasteiger partial charge in [0.15, 0.2) is 0 Å². The van der Waals surface area contributed by atoms with E-state index in [2.05, 4.69) is 4.98 Å². The van der Waals surface area contributed by atoms with Crippen molar-refractivity contribution in [3.8, 4) is 0 Å². The molecule has 0 amide bonds. The first kappa shape index (κ1) is 13.4. The fourth-order valence-corrected chi connectivity index (χ4v) is 3.06. The van der Waals surface area contributed by atoms with Gasteiger partial charge in [-0.2, -0.15) is 4.31 Å². The third-order valence-electron chi connectivity index (χ3n) is 2.64. The van der Waals surface area contributed by atoms with Crippen LogP contribution in [0.3, 0.4) is 0 Å². The molecule has 98 valence electrons. The van der Waals surface area contributed by atoms with Gasteiger partial charge in [-0.3, -0.25) is 4.98 Å². The molecular formula is C9H13BN2O5S. The van der Waals surface area contributed by atoms with Crippen LogP contribution < -0.4 is 5.46 Å². The zero-order chi connectivity index (χ0) is 13.2. The number of morpholine rings is 1. The van der Waals surface area contributed by atoms with E-state index in [1.165, 1.54) is 22.8 Å². The van der Waals surface area contributed by atoms with Crippen LogP contribution >= 0.6 is 0 Å². The molecular weight excluding hydrogens is 259 g/mol. The minimum Gasteiger partial charge on any atom is -0.423 e. The highest BCUT2D eigenvalue weighted by Gasteiger charge is 2.27. The van der Waals surface area contributed by atoms with Crippen LogP contribution in [0.15, 0.2) is 23.4 Å². The van der Waals surface area contributed by atoms with Crippen molar-refractivity contribution >= 4 is 22.6 Å². The molecule has 1 aliphatic heterocycles. The van der Waals surface area contributed by atoms with Crippen LogP contribution in [-0.2, 0) is 14.8 Å². The summed E-state index contributed by atoms with van der Waals surface area (Å²) in [5.41, 5.74) is 0.0457. The van der Waals surface area contributed by atoms with Crippen LogP contribution in [0.5, 0.6) is 0 Å². The predicted octanol–water partition coefficient (Wildman–Crippen LogP) is -2.22. The zero-order valence-electron chi connectivity index (χ0n) is 9.56. The van der Waals surface area contributed by atoms with E-state index in [0.717, 1.165) is 0 Å². The standard InChI is InChI=1S/C9H13BN2O5S/c13-10(14)8-5-9(7-11-6-8)18(15,16)12-1-3-17-4-2-12/h5-7,13-14H,1-4H2. The van der Waals surface area contributed by atoms with Gasteiger partial charge in [0.1, 0.15) is 4.90 Å². The molecule has 0 spiro atoms. The van der Waals surface area contributed by atoms with Gasteiger partial charge in [0.2, 0.25) is 10.0 Å². The average Bonchev–Trinajstić information content (AvgIpc) is 2.40. The summed E-state index contributed by atoms with van der Waals surface area (Å²) in [6, 6.07) is 1.21. The van der Waals surface area contributed by atoms with Crippen molar-refractivity contribution in [3.05, 3.63) is 18.5 Å². The molecule has 2 rings (SSSR count). The van der Waals surface area contributed by atoms with Gasteiger partial charge in [0.25, 0.3) is 0 Å². The maximum Gasteiger partial charge on any atom is 0.490 e. The molecule has 1 fully saturated rings. The predicted molar refractivity (Wildman–Crippen MR) is 63.6 cm³/mol. The van der Waals surface area contributed by atoms with E-state index in [4.69, 9.17) is 14.8 Å². The minimum atomic E-state index is -3.65. The molecule has 0 aliphatic carbocycles. The Morgan fingerprint density at radius 3 is 2.56 bits per heavy atom. The number of nitrogens with zero attached hydrogens (tertiary/aromatic N) is 2. The number of pyridine rings is 1. The molecule has 2 heterocycles. The first-order valence-electron chi connectivity index (χ1n) is 5.41. The summed E-state index contributed by atoms with van der Waals surface area (Å²) in [6.07, 6.45) is 2.40. The van der Waals surface area contributed by atoms with Gasteiger partial charge in [-0.15, -0.1) is 0 Å². The molecule has 9 heteroatoms. The average molecular weight is 272 g/mol. The van der Waals surface area contributed by atoms with Crippen molar-refractivity contribution in [3.63, 3.8) is 0 Å². The SMILES string of the molecule is O=S(=O)(c1cncc(B(O)O)c1)N1CCOCC1. The third kappa shape index (κ3) is 2.70. The zero-order valence-corrected chi connectivity index (χ0v) is 10.4. The molecule has 18 heavy (non-hydrogen) atoms. The molecule has 2 N–H and O–H groups in total. The molecule has 1 saturated heterocycles. The molecule has 0 saturated carbocycles. The van der Waals surface area contributed by atoms with Crippen molar-refractivity contribution in [2.45, 2.75) is 4.90 Å². The Balaban J connectivity index is 2.31. The highest BCUT2D eigenvalue weighted by molar-refractivity contribution is 7.89. The number of rotatable bonds is 3. The van der Waals surface area contributed by atoms with Gasteiger partial charge in [0.05, 0.1) is 13.2 Å². The third-order valence-corrected chi connectivity index (χ3v) is 4.50. The summed E-state index contributed by atoms with van der Waals surface area (Å²) >= 11 is 0. The number of aromatic nitrogens is 1. The fraction of sp³-hybridized carbons (Fsp3) is 0.444. The van der Waals surface area contributed by atoms with Crippen molar-refractivity contribution in [2.75, 3.05) is 26.3 Å². The Morgan fingerprint density at radius 2 is 1.94 bits per heavy atom. The van der Waals surface area contributed by atoms with E-state index in [1.54, 1.807) is 0 Å². The molecule has 0 radical (unpaired) electrons. The van der Waals surface area contributed by atoms with Crippen LogP contribution in [-0.4, -0.2) is 61.2 Å². The van der Waals surface area contributed by atoms with E-state index in [9.17, 15) is 8.42 Å². The lowest BCUT2D eigenvalue weighted by Crippen LogP contribution is -2.41. The molecule has 1 aliphatic rings. The molecule has 0 aromatic carbocycles. The summed E-state index contributed by atoms with van der Waals surface area (Å²) in [5, 5.41) is 18.0. The van der Waals surface area contributed by atoms with E-state index >= 15 is 0 Å². The van der Waals surface area contributed by atoms with Crippen LogP contribution in [0, 0.1) is 0 Å². The second kappa shape index (κ2) is 5.33. The summed E-state index contributed by atoms with van der Waals surface area (Å²) in [7, 11) is -5.39. The summed E-state index contributed by atoms with van der Waals surface area (Å²) in [5.74, 6) is 0. The summed E-state index contributed by atoms with van der Waals surface area (Å²) in [6.45, 7) is 1.28. The highest BCUT2D eigenvalue weighted by Crippen LogP contribution is 2.14. The largest absolute Gasteiger partial charge is 0.490 e. The molecule has 1 aromatic heterocycles. The second-order valence-electron chi connectivity index (χ2n) is 3.84. The highest BCUT2D eigenvalue weighted by atomic mass is 32.2. The van der Waals surface area contributed by atoms with E-state index in [1.807, 2.05) is 0 Å². The van der Waals surface area contributed by atoms with Crippen molar-refractivity contribution in [1.29, 1.82) is 0 Å². The van der Waals surface area contributed by atoms with Crippen LogP contribution in [0.25, 0.3) is 0 Å². The second-order valence-corrected chi connectivity index (χ2v) is 5.78. The Labute approximate surface area is 105 Å². The Bertz CT molecular complexity index is 515. The molecule has 0 atom stereocenters. The van der Waals surface area contributed by atoms with Gasteiger partial charge in [-0.1, -0.05) is 0 Å². The van der Waals surface area contributed by atoms with E-state index in [0.29, 0.717) is 13.2 Å². The van der Waals surface area contributed by atoms with Gasteiger partial charge < -0.3 is 14.8 Å². The first-order valence-corrected chi connectivity index (χ1v) is 6.85. The van der Waals surface area contributed by atoms with E-state index in [-0.39, 0.29) is 23.4 Å². The number of ether oxygens (including phenoxy) is 1. The monoisotopic (exact) mass is 272 g/mol. The summed E-state index contributed by atoms with van der Waals surface area (Å²) < 4.78 is 30.8. The maximum absolute atomic E-state index is 12.2. The number of hydrogen-bond acceptors (Lipinski definition) is 6. The van der Waals surface area contributed by atoms with Crippen molar-refractivity contribution in [1.82, 2.24) is 9.29 Å².